The number of anilines is 1. The van der Waals surface area contributed by atoms with Crippen LogP contribution in [0.5, 0.6) is 0 Å². The number of halogens is 1. The molecule has 4 nitrogen and oxygen atoms in total. The van der Waals surface area contributed by atoms with Gasteiger partial charge in [0.25, 0.3) is 0 Å². The van der Waals surface area contributed by atoms with Gasteiger partial charge in [-0.3, -0.25) is 9.78 Å². The van der Waals surface area contributed by atoms with Gasteiger partial charge in [0.1, 0.15) is 0 Å². The quantitative estimate of drug-likeness (QED) is 0.890. The smallest absolute Gasteiger partial charge is 0.239 e. The average Bonchev–Trinajstić information content (AvgIpc) is 2.43. The van der Waals surface area contributed by atoms with E-state index in [0.29, 0.717) is 6.54 Å². The van der Waals surface area contributed by atoms with Crippen molar-refractivity contribution >= 4 is 38.4 Å². The summed E-state index contributed by atoms with van der Waals surface area (Å²) in [5.74, 6) is 0.00168. The Morgan fingerprint density at radius 2 is 2.21 bits per heavy atom. The number of nitrogens with one attached hydrogen (secondary N) is 2. The topological polar surface area (TPSA) is 54.0 Å². The fourth-order valence-corrected chi connectivity index (χ4v) is 2.27. The zero-order chi connectivity index (χ0) is 13.7. The highest BCUT2D eigenvalue weighted by Crippen LogP contribution is 2.26. The third kappa shape index (κ3) is 3.44. The van der Waals surface area contributed by atoms with Crippen molar-refractivity contribution in [1.82, 2.24) is 10.3 Å². The van der Waals surface area contributed by atoms with Crippen LogP contribution in [0.15, 0.2) is 34.9 Å². The third-order valence-corrected chi connectivity index (χ3v) is 3.37. The highest BCUT2D eigenvalue weighted by molar-refractivity contribution is 9.10. The van der Waals surface area contributed by atoms with Crippen LogP contribution in [0.3, 0.4) is 0 Å². The van der Waals surface area contributed by atoms with Crippen LogP contribution in [0.2, 0.25) is 0 Å². The summed E-state index contributed by atoms with van der Waals surface area (Å²) in [6, 6.07) is 7.77. The van der Waals surface area contributed by atoms with Crippen molar-refractivity contribution in [2.45, 2.75) is 13.3 Å². The number of hydrogen-bond acceptors (Lipinski definition) is 3. The van der Waals surface area contributed by atoms with E-state index in [4.69, 9.17) is 0 Å². The van der Waals surface area contributed by atoms with Gasteiger partial charge in [-0.05, 0) is 34.5 Å². The van der Waals surface area contributed by atoms with E-state index in [9.17, 15) is 4.79 Å². The van der Waals surface area contributed by atoms with Gasteiger partial charge in [-0.2, -0.15) is 0 Å². The number of benzene rings is 1. The number of nitrogens with zero attached hydrogens (tertiary/aromatic N) is 1. The van der Waals surface area contributed by atoms with E-state index >= 15 is 0 Å². The molecule has 1 heterocycles. The zero-order valence-electron chi connectivity index (χ0n) is 10.7. The molecule has 1 aromatic heterocycles. The largest absolute Gasteiger partial charge is 0.376 e. The van der Waals surface area contributed by atoms with Crippen LogP contribution in [0.4, 0.5) is 5.69 Å². The van der Waals surface area contributed by atoms with Crippen LogP contribution in [-0.4, -0.2) is 24.0 Å². The van der Waals surface area contributed by atoms with E-state index in [0.717, 1.165) is 27.5 Å². The monoisotopic (exact) mass is 321 g/mol. The van der Waals surface area contributed by atoms with Gasteiger partial charge < -0.3 is 10.6 Å². The predicted molar refractivity (Wildman–Crippen MR) is 81.2 cm³/mol. The van der Waals surface area contributed by atoms with E-state index in [1.165, 1.54) is 0 Å². The minimum atomic E-state index is 0.00168. The van der Waals surface area contributed by atoms with Gasteiger partial charge in [0, 0.05) is 28.3 Å². The van der Waals surface area contributed by atoms with Crippen molar-refractivity contribution in [2.24, 2.45) is 0 Å². The number of aromatic nitrogens is 1. The van der Waals surface area contributed by atoms with Crippen LogP contribution in [0.1, 0.15) is 13.3 Å². The Morgan fingerprint density at radius 3 is 3.00 bits per heavy atom. The Labute approximate surface area is 120 Å². The highest BCUT2D eigenvalue weighted by atomic mass is 79.9. The fourth-order valence-electron chi connectivity index (χ4n) is 1.80. The summed E-state index contributed by atoms with van der Waals surface area (Å²) in [6.07, 6.45) is 2.68. The molecule has 0 aliphatic rings. The molecule has 0 saturated heterocycles. The molecular weight excluding hydrogens is 306 g/mol. The van der Waals surface area contributed by atoms with Gasteiger partial charge >= 0.3 is 0 Å². The highest BCUT2D eigenvalue weighted by Gasteiger charge is 2.06. The molecular formula is C14H16BrN3O. The third-order valence-electron chi connectivity index (χ3n) is 2.73. The van der Waals surface area contributed by atoms with Crippen molar-refractivity contribution in [3.8, 4) is 0 Å². The van der Waals surface area contributed by atoms with E-state index < -0.39 is 0 Å². The van der Waals surface area contributed by atoms with Crippen molar-refractivity contribution in [3.63, 3.8) is 0 Å². The Kier molecular flexibility index (Phi) is 4.74. The standard InChI is InChI=1S/C14H16BrN3O/c1-2-7-16-13(19)9-18-12-6-8-17-14-10(12)4-3-5-11(14)15/h3-6,8H,2,7,9H2,1H3,(H,16,19)(H,17,18). The molecule has 0 unspecified atom stereocenters. The predicted octanol–water partition coefficient (Wildman–Crippen LogP) is 2.94. The number of rotatable bonds is 5. The Hall–Kier alpha value is -1.62. The van der Waals surface area contributed by atoms with Crippen molar-refractivity contribution in [3.05, 3.63) is 34.9 Å². The van der Waals surface area contributed by atoms with Gasteiger partial charge in [-0.15, -0.1) is 0 Å². The molecule has 2 aromatic rings. The molecule has 0 saturated carbocycles. The minimum Gasteiger partial charge on any atom is -0.376 e. The molecule has 0 spiro atoms. The number of fused-ring (bicyclic) bond motifs is 1. The maximum absolute atomic E-state index is 11.6. The molecule has 0 bridgehead atoms. The van der Waals surface area contributed by atoms with E-state index in [1.54, 1.807) is 6.20 Å². The number of amides is 1. The maximum Gasteiger partial charge on any atom is 0.239 e. The molecule has 2 N–H and O–H groups in total. The summed E-state index contributed by atoms with van der Waals surface area (Å²) in [6.45, 7) is 3.01. The Balaban J connectivity index is 2.13. The summed E-state index contributed by atoms with van der Waals surface area (Å²) in [5, 5.41) is 6.99. The Morgan fingerprint density at radius 1 is 1.37 bits per heavy atom. The maximum atomic E-state index is 11.6. The lowest BCUT2D eigenvalue weighted by Crippen LogP contribution is -2.30. The molecule has 5 heteroatoms. The molecule has 19 heavy (non-hydrogen) atoms. The van der Waals surface area contributed by atoms with Crippen molar-refractivity contribution in [1.29, 1.82) is 0 Å². The summed E-state index contributed by atoms with van der Waals surface area (Å²) >= 11 is 3.48. The number of pyridine rings is 1. The normalized spacial score (nSPS) is 10.4. The van der Waals surface area contributed by atoms with Crippen LogP contribution < -0.4 is 10.6 Å². The van der Waals surface area contributed by atoms with E-state index in [1.807, 2.05) is 31.2 Å². The molecule has 1 aromatic carbocycles. The Bertz CT molecular complexity index is 586. The number of carbonyl (C=O) groups excluding carboxylic acids is 1. The number of para-hydroxylation sites is 1. The zero-order valence-corrected chi connectivity index (χ0v) is 12.3. The second kappa shape index (κ2) is 6.52. The molecule has 0 aliphatic heterocycles. The van der Waals surface area contributed by atoms with Crippen LogP contribution >= 0.6 is 15.9 Å². The van der Waals surface area contributed by atoms with Gasteiger partial charge in [-0.25, -0.2) is 0 Å². The van der Waals surface area contributed by atoms with Gasteiger partial charge in [0.05, 0.1) is 12.1 Å². The summed E-state index contributed by atoms with van der Waals surface area (Å²) in [7, 11) is 0. The number of carbonyl (C=O) groups is 1. The first-order valence-electron chi connectivity index (χ1n) is 6.26. The summed E-state index contributed by atoms with van der Waals surface area (Å²) in [4.78, 5) is 15.9. The minimum absolute atomic E-state index is 0.00168. The molecule has 2 rings (SSSR count). The van der Waals surface area contributed by atoms with E-state index in [2.05, 4.69) is 31.5 Å². The lowest BCUT2D eigenvalue weighted by atomic mass is 10.2. The van der Waals surface area contributed by atoms with Gasteiger partial charge in [0.2, 0.25) is 5.91 Å². The summed E-state index contributed by atoms with van der Waals surface area (Å²) < 4.78 is 0.948. The van der Waals surface area contributed by atoms with Crippen LogP contribution in [0.25, 0.3) is 10.9 Å². The molecule has 0 radical (unpaired) electrons. The summed E-state index contributed by atoms with van der Waals surface area (Å²) in [5.41, 5.74) is 1.81. The lowest BCUT2D eigenvalue weighted by Gasteiger charge is -2.10. The van der Waals surface area contributed by atoms with Gasteiger partial charge in [0.15, 0.2) is 0 Å². The first-order valence-corrected chi connectivity index (χ1v) is 7.05. The SMILES string of the molecule is CCCNC(=O)CNc1ccnc2c(Br)cccc12. The first-order chi connectivity index (χ1) is 9.22. The molecule has 1 amide bonds. The molecule has 100 valence electrons. The van der Waals surface area contributed by atoms with Crippen LogP contribution in [0, 0.1) is 0 Å². The van der Waals surface area contributed by atoms with Crippen molar-refractivity contribution in [2.75, 3.05) is 18.4 Å². The second-order valence-electron chi connectivity index (χ2n) is 4.20. The molecule has 0 atom stereocenters. The fraction of sp³-hybridized carbons (Fsp3) is 0.286. The second-order valence-corrected chi connectivity index (χ2v) is 5.05. The molecule has 0 fully saturated rings. The van der Waals surface area contributed by atoms with Gasteiger partial charge in [-0.1, -0.05) is 19.1 Å². The van der Waals surface area contributed by atoms with Crippen LogP contribution in [-0.2, 0) is 4.79 Å². The van der Waals surface area contributed by atoms with E-state index in [-0.39, 0.29) is 12.5 Å². The number of hydrogen-bond donors (Lipinski definition) is 2. The average molecular weight is 322 g/mol. The molecule has 0 aliphatic carbocycles. The lowest BCUT2D eigenvalue weighted by molar-refractivity contribution is -0.119. The van der Waals surface area contributed by atoms with Crippen molar-refractivity contribution < 1.29 is 4.79 Å². The first kappa shape index (κ1) is 13.8.